The van der Waals surface area contributed by atoms with Gasteiger partial charge in [0.1, 0.15) is 0 Å². The molecule has 0 atom stereocenters. The van der Waals surface area contributed by atoms with Crippen molar-refractivity contribution < 1.29 is 0 Å². The van der Waals surface area contributed by atoms with Gasteiger partial charge in [-0.1, -0.05) is 152 Å². The van der Waals surface area contributed by atoms with E-state index in [2.05, 4.69) is 170 Å². The minimum Gasteiger partial charge on any atom is -0.0622 e. The van der Waals surface area contributed by atoms with Gasteiger partial charge in [0.05, 0.1) is 0 Å². The maximum atomic E-state index is 2.39. The lowest BCUT2D eigenvalue weighted by Gasteiger charge is -2.18. The highest BCUT2D eigenvalue weighted by atomic mass is 14.2. The van der Waals surface area contributed by atoms with Crippen molar-refractivity contribution >= 4 is 32.3 Å². The summed E-state index contributed by atoms with van der Waals surface area (Å²) >= 11 is 0. The number of rotatable bonds is 4. The molecule has 0 fully saturated rings. The zero-order valence-corrected chi connectivity index (χ0v) is 23.2. The fourth-order valence-electron chi connectivity index (χ4n) is 6.45. The summed E-state index contributed by atoms with van der Waals surface area (Å²) in [5.74, 6) is 0. The van der Waals surface area contributed by atoms with Crippen molar-refractivity contribution in [2.75, 3.05) is 0 Å². The first-order valence-electron chi connectivity index (χ1n) is 14.5. The largest absolute Gasteiger partial charge is 0.0622 e. The van der Waals surface area contributed by atoms with Crippen LogP contribution in [0.5, 0.6) is 0 Å². The van der Waals surface area contributed by atoms with Crippen LogP contribution in [0.25, 0.3) is 76.8 Å². The predicted octanol–water partition coefficient (Wildman–Crippen LogP) is 11.8. The minimum atomic E-state index is 1.22. The summed E-state index contributed by atoms with van der Waals surface area (Å²) in [4.78, 5) is 0. The smallest absolute Gasteiger partial charge is 0.00201 e. The van der Waals surface area contributed by atoms with Crippen molar-refractivity contribution in [2.24, 2.45) is 0 Å². The molecule has 196 valence electrons. The maximum Gasteiger partial charge on any atom is -0.00201 e. The molecule has 8 rings (SSSR count). The second-order valence-corrected chi connectivity index (χ2v) is 10.9. The Kier molecular flexibility index (Phi) is 5.90. The second kappa shape index (κ2) is 10.2. The molecule has 0 saturated heterocycles. The molecule has 0 aliphatic heterocycles. The van der Waals surface area contributed by atoms with Gasteiger partial charge in [-0.3, -0.25) is 0 Å². The Morgan fingerprint density at radius 2 is 0.833 bits per heavy atom. The van der Waals surface area contributed by atoms with E-state index < -0.39 is 0 Å². The number of hydrogen-bond donors (Lipinski definition) is 0. The summed E-state index contributed by atoms with van der Waals surface area (Å²) in [5, 5.41) is 7.60. The highest BCUT2D eigenvalue weighted by Gasteiger charge is 2.17. The van der Waals surface area contributed by atoms with E-state index in [4.69, 9.17) is 0 Å². The zero-order chi connectivity index (χ0) is 27.9. The summed E-state index contributed by atoms with van der Waals surface area (Å²) in [6.07, 6.45) is 0. The van der Waals surface area contributed by atoms with Gasteiger partial charge in [0.25, 0.3) is 0 Å². The molecule has 0 aromatic heterocycles. The van der Waals surface area contributed by atoms with Gasteiger partial charge in [-0.25, -0.2) is 0 Å². The van der Waals surface area contributed by atoms with Crippen LogP contribution in [0.15, 0.2) is 170 Å². The molecule has 0 spiro atoms. The van der Waals surface area contributed by atoms with Gasteiger partial charge in [-0.05, 0) is 95.0 Å². The van der Waals surface area contributed by atoms with Crippen LogP contribution >= 0.6 is 0 Å². The first kappa shape index (κ1) is 24.3. The molecule has 0 amide bonds. The molecule has 0 heterocycles. The third-order valence-electron chi connectivity index (χ3n) is 8.43. The molecule has 0 bridgehead atoms. The Labute approximate surface area is 246 Å². The summed E-state index contributed by atoms with van der Waals surface area (Å²) < 4.78 is 0. The second-order valence-electron chi connectivity index (χ2n) is 10.9. The van der Waals surface area contributed by atoms with Gasteiger partial charge in [0.2, 0.25) is 0 Å². The maximum absolute atomic E-state index is 2.39. The molecule has 0 heteroatoms. The lowest BCUT2D eigenvalue weighted by molar-refractivity contribution is 1.61. The van der Waals surface area contributed by atoms with Crippen molar-refractivity contribution in [3.8, 4) is 44.5 Å². The van der Waals surface area contributed by atoms with Crippen LogP contribution in [0.3, 0.4) is 0 Å². The van der Waals surface area contributed by atoms with Crippen molar-refractivity contribution in [2.45, 2.75) is 0 Å². The van der Waals surface area contributed by atoms with E-state index in [9.17, 15) is 0 Å². The Morgan fingerprint density at radius 3 is 1.64 bits per heavy atom. The Morgan fingerprint density at radius 1 is 0.262 bits per heavy atom. The molecule has 8 aromatic rings. The molecule has 0 radical (unpaired) electrons. The molecule has 0 aliphatic carbocycles. The van der Waals surface area contributed by atoms with Crippen molar-refractivity contribution in [1.29, 1.82) is 0 Å². The topological polar surface area (TPSA) is 0 Å². The Balaban J connectivity index is 1.45. The van der Waals surface area contributed by atoms with Crippen LogP contribution in [0.1, 0.15) is 0 Å². The molecule has 8 aromatic carbocycles. The average molecular weight is 533 g/mol. The van der Waals surface area contributed by atoms with Gasteiger partial charge < -0.3 is 0 Å². The van der Waals surface area contributed by atoms with Crippen LogP contribution in [-0.2, 0) is 0 Å². The van der Waals surface area contributed by atoms with Gasteiger partial charge in [0.15, 0.2) is 0 Å². The van der Waals surface area contributed by atoms with Crippen LogP contribution in [0.4, 0.5) is 0 Å². The Hall–Kier alpha value is -5.46. The summed E-state index contributed by atoms with van der Waals surface area (Å²) in [5.41, 5.74) is 9.93. The van der Waals surface area contributed by atoms with Gasteiger partial charge in [-0.15, -0.1) is 0 Å². The molecular weight excluding hydrogens is 504 g/mol. The monoisotopic (exact) mass is 532 g/mol. The zero-order valence-electron chi connectivity index (χ0n) is 23.2. The van der Waals surface area contributed by atoms with Crippen LogP contribution < -0.4 is 0 Å². The van der Waals surface area contributed by atoms with Gasteiger partial charge in [-0.2, -0.15) is 0 Å². The number of benzene rings is 8. The molecule has 42 heavy (non-hydrogen) atoms. The molecule has 0 N–H and O–H groups in total. The Bertz CT molecular complexity index is 2220. The normalized spacial score (nSPS) is 11.3. The van der Waals surface area contributed by atoms with Gasteiger partial charge in [0, 0.05) is 0 Å². The molecular formula is C42H28. The van der Waals surface area contributed by atoms with E-state index in [1.165, 1.54) is 76.8 Å². The number of fused-ring (bicyclic) bond motifs is 3. The number of hydrogen-bond acceptors (Lipinski definition) is 0. The standard InChI is InChI=1S/C42H28/c1-3-13-30(14-4-1)37-21-11-23-39-40(37)28-36-20-10-22-38(31-15-5-2-6-16-31)41(36)42(39)35-19-9-18-33(27-35)34-25-24-29-12-7-8-17-32(29)26-34/h1-28H. The van der Waals surface area contributed by atoms with Crippen LogP contribution in [0.2, 0.25) is 0 Å². The summed E-state index contributed by atoms with van der Waals surface area (Å²) in [7, 11) is 0. The highest BCUT2D eigenvalue weighted by Crippen LogP contribution is 2.44. The van der Waals surface area contributed by atoms with E-state index in [0.29, 0.717) is 0 Å². The molecule has 0 saturated carbocycles. The summed E-state index contributed by atoms with van der Waals surface area (Å²) in [6.45, 7) is 0. The highest BCUT2D eigenvalue weighted by molar-refractivity contribution is 6.20. The summed E-state index contributed by atoms with van der Waals surface area (Å²) in [6, 6.07) is 61.8. The fourth-order valence-corrected chi connectivity index (χ4v) is 6.45. The first-order valence-corrected chi connectivity index (χ1v) is 14.5. The third kappa shape index (κ3) is 4.17. The minimum absolute atomic E-state index is 1.22. The third-order valence-corrected chi connectivity index (χ3v) is 8.43. The van der Waals surface area contributed by atoms with Crippen molar-refractivity contribution in [1.82, 2.24) is 0 Å². The first-order chi connectivity index (χ1) is 20.8. The van der Waals surface area contributed by atoms with Crippen molar-refractivity contribution in [3.63, 3.8) is 0 Å². The molecule has 0 unspecified atom stereocenters. The molecule has 0 aliphatic rings. The van der Waals surface area contributed by atoms with E-state index in [1.807, 2.05) is 0 Å². The van der Waals surface area contributed by atoms with Gasteiger partial charge >= 0.3 is 0 Å². The fraction of sp³-hybridized carbons (Fsp3) is 0. The lowest BCUT2D eigenvalue weighted by atomic mass is 9.85. The van der Waals surface area contributed by atoms with E-state index in [1.54, 1.807) is 0 Å². The van der Waals surface area contributed by atoms with E-state index in [-0.39, 0.29) is 0 Å². The quantitative estimate of drug-likeness (QED) is 0.198. The average Bonchev–Trinajstić information content (AvgIpc) is 3.07. The van der Waals surface area contributed by atoms with Crippen LogP contribution in [-0.4, -0.2) is 0 Å². The van der Waals surface area contributed by atoms with E-state index >= 15 is 0 Å². The predicted molar refractivity (Wildman–Crippen MR) is 181 cm³/mol. The molecule has 0 nitrogen and oxygen atoms in total. The SMILES string of the molecule is c1ccc(-c2cccc3c(-c4cccc(-c5ccc6ccccc6c5)c4)c4c(-c5ccccc5)cccc4cc23)cc1. The van der Waals surface area contributed by atoms with E-state index in [0.717, 1.165) is 0 Å². The van der Waals surface area contributed by atoms with Crippen LogP contribution in [0, 0.1) is 0 Å². The lowest BCUT2D eigenvalue weighted by Crippen LogP contribution is -1.91. The van der Waals surface area contributed by atoms with Crippen molar-refractivity contribution in [3.05, 3.63) is 170 Å².